The molecule has 2 unspecified atom stereocenters. The first-order valence-corrected chi connectivity index (χ1v) is 7.67. The molecule has 2 saturated heterocycles. The highest BCUT2D eigenvalue weighted by Gasteiger charge is 2.19. The van der Waals surface area contributed by atoms with Gasteiger partial charge in [0.25, 0.3) is 0 Å². The lowest BCUT2D eigenvalue weighted by molar-refractivity contribution is 0.00345. The first-order valence-electron chi connectivity index (χ1n) is 7.67. The summed E-state index contributed by atoms with van der Waals surface area (Å²) in [5.41, 5.74) is 0. The monoisotopic (exact) mass is 285 g/mol. The van der Waals surface area contributed by atoms with Crippen LogP contribution in [0.15, 0.2) is 0 Å². The first kappa shape index (κ1) is 15.5. The number of carbonyl (C=O) groups is 1. The van der Waals surface area contributed by atoms with Crippen molar-refractivity contribution in [1.82, 2.24) is 15.5 Å². The second-order valence-electron chi connectivity index (χ2n) is 5.66. The van der Waals surface area contributed by atoms with E-state index in [-0.39, 0.29) is 6.03 Å². The summed E-state index contributed by atoms with van der Waals surface area (Å²) in [6.45, 7) is 8.76. The van der Waals surface area contributed by atoms with Crippen molar-refractivity contribution in [2.45, 2.75) is 25.9 Å². The Kier molecular flexibility index (Phi) is 6.56. The Morgan fingerprint density at radius 2 is 2.05 bits per heavy atom. The van der Waals surface area contributed by atoms with Gasteiger partial charge in [-0.25, -0.2) is 4.79 Å². The van der Waals surface area contributed by atoms with Gasteiger partial charge in [-0.05, 0) is 25.7 Å². The van der Waals surface area contributed by atoms with Crippen LogP contribution in [0.1, 0.15) is 19.8 Å². The Hall–Kier alpha value is -0.850. The maximum absolute atomic E-state index is 11.7. The summed E-state index contributed by atoms with van der Waals surface area (Å²) >= 11 is 0. The van der Waals surface area contributed by atoms with Crippen molar-refractivity contribution in [3.05, 3.63) is 0 Å². The fourth-order valence-electron chi connectivity index (χ4n) is 2.73. The first-order chi connectivity index (χ1) is 9.74. The van der Waals surface area contributed by atoms with E-state index in [1.807, 2.05) is 0 Å². The van der Waals surface area contributed by atoms with Gasteiger partial charge in [-0.3, -0.25) is 4.90 Å². The van der Waals surface area contributed by atoms with Gasteiger partial charge in [-0.2, -0.15) is 0 Å². The molecule has 0 radical (unpaired) electrons. The second-order valence-corrected chi connectivity index (χ2v) is 5.66. The number of ether oxygens (including phenoxy) is 2. The average molecular weight is 285 g/mol. The molecule has 2 rings (SSSR count). The highest BCUT2D eigenvalue weighted by atomic mass is 16.5. The number of rotatable bonds is 5. The van der Waals surface area contributed by atoms with Crippen LogP contribution in [0.25, 0.3) is 0 Å². The average Bonchev–Trinajstić information content (AvgIpc) is 2.46. The van der Waals surface area contributed by atoms with Crippen LogP contribution in [0, 0.1) is 5.92 Å². The number of morpholine rings is 1. The molecule has 0 saturated carbocycles. The fourth-order valence-corrected chi connectivity index (χ4v) is 2.73. The number of carbonyl (C=O) groups excluding carboxylic acids is 1. The van der Waals surface area contributed by atoms with Crippen LogP contribution in [0.4, 0.5) is 4.79 Å². The quantitative estimate of drug-likeness (QED) is 0.769. The third-order valence-electron chi connectivity index (χ3n) is 3.96. The lowest BCUT2D eigenvalue weighted by Crippen LogP contribution is -2.45. The highest BCUT2D eigenvalue weighted by molar-refractivity contribution is 5.73. The third kappa shape index (κ3) is 5.64. The summed E-state index contributed by atoms with van der Waals surface area (Å²) in [7, 11) is 0. The van der Waals surface area contributed by atoms with E-state index in [1.165, 1.54) is 0 Å². The number of amides is 2. The molecule has 2 aliphatic heterocycles. The number of hydrogen-bond donors (Lipinski definition) is 2. The maximum atomic E-state index is 11.7. The van der Waals surface area contributed by atoms with Crippen LogP contribution in [0.5, 0.6) is 0 Å². The Balaban J connectivity index is 1.51. The Morgan fingerprint density at radius 1 is 1.25 bits per heavy atom. The number of urea groups is 1. The van der Waals surface area contributed by atoms with Gasteiger partial charge in [0.2, 0.25) is 0 Å². The van der Waals surface area contributed by atoms with E-state index in [2.05, 4.69) is 22.5 Å². The van der Waals surface area contributed by atoms with Gasteiger partial charge in [0.15, 0.2) is 0 Å². The maximum Gasteiger partial charge on any atom is 0.314 e. The molecule has 0 aromatic carbocycles. The van der Waals surface area contributed by atoms with E-state index in [0.29, 0.717) is 18.6 Å². The zero-order valence-corrected chi connectivity index (χ0v) is 12.4. The second kappa shape index (κ2) is 8.44. The van der Waals surface area contributed by atoms with Gasteiger partial charge in [-0.15, -0.1) is 0 Å². The largest absolute Gasteiger partial charge is 0.379 e. The molecule has 2 heterocycles. The number of hydrogen-bond acceptors (Lipinski definition) is 4. The summed E-state index contributed by atoms with van der Waals surface area (Å²) in [5, 5.41) is 5.88. The van der Waals surface area contributed by atoms with E-state index in [0.717, 1.165) is 58.8 Å². The normalized spacial score (nSPS) is 28.1. The summed E-state index contributed by atoms with van der Waals surface area (Å²) in [4.78, 5) is 14.0. The van der Waals surface area contributed by atoms with E-state index >= 15 is 0 Å². The molecule has 6 nitrogen and oxygen atoms in total. The van der Waals surface area contributed by atoms with Crippen molar-refractivity contribution < 1.29 is 14.3 Å². The van der Waals surface area contributed by atoms with Gasteiger partial charge in [0.05, 0.1) is 19.3 Å². The Bertz CT molecular complexity index is 295. The van der Waals surface area contributed by atoms with Crippen LogP contribution in [-0.4, -0.2) is 69.6 Å². The van der Waals surface area contributed by atoms with Crippen molar-refractivity contribution in [3.8, 4) is 0 Å². The van der Waals surface area contributed by atoms with Gasteiger partial charge in [0, 0.05) is 39.3 Å². The van der Waals surface area contributed by atoms with Crippen molar-refractivity contribution in [2.24, 2.45) is 5.92 Å². The zero-order chi connectivity index (χ0) is 14.2. The Morgan fingerprint density at radius 3 is 2.80 bits per heavy atom. The van der Waals surface area contributed by atoms with Gasteiger partial charge in [-0.1, -0.05) is 0 Å². The SMILES string of the molecule is CC1CC(CNC(=O)NCCN2CCOCC2)CCO1. The number of nitrogens with zero attached hydrogens (tertiary/aromatic N) is 1. The van der Waals surface area contributed by atoms with Crippen molar-refractivity contribution in [1.29, 1.82) is 0 Å². The molecule has 6 heteroatoms. The topological polar surface area (TPSA) is 62.8 Å². The predicted octanol–water partition coefficient (Wildman–Crippen LogP) is 0.433. The summed E-state index contributed by atoms with van der Waals surface area (Å²) < 4.78 is 10.8. The molecule has 2 N–H and O–H groups in total. The van der Waals surface area contributed by atoms with Crippen LogP contribution >= 0.6 is 0 Å². The summed E-state index contributed by atoms with van der Waals surface area (Å²) in [6, 6.07) is -0.0580. The minimum Gasteiger partial charge on any atom is -0.379 e. The van der Waals surface area contributed by atoms with Gasteiger partial charge < -0.3 is 20.1 Å². The Labute approximate surface area is 121 Å². The molecule has 116 valence electrons. The van der Waals surface area contributed by atoms with E-state index < -0.39 is 0 Å². The standard InChI is InChI=1S/C14H27N3O3/c1-12-10-13(2-7-20-12)11-16-14(18)15-3-4-17-5-8-19-9-6-17/h12-13H,2-11H2,1H3,(H2,15,16,18). The lowest BCUT2D eigenvalue weighted by Gasteiger charge is -2.28. The minimum absolute atomic E-state index is 0.0580. The minimum atomic E-state index is -0.0580. The molecule has 2 aliphatic rings. The summed E-state index contributed by atoms with van der Waals surface area (Å²) in [5.74, 6) is 0.545. The molecule has 2 fully saturated rings. The third-order valence-corrected chi connectivity index (χ3v) is 3.96. The number of nitrogens with one attached hydrogen (secondary N) is 2. The highest BCUT2D eigenvalue weighted by Crippen LogP contribution is 2.18. The molecule has 0 aromatic heterocycles. The molecule has 0 aromatic rings. The van der Waals surface area contributed by atoms with Crippen LogP contribution < -0.4 is 10.6 Å². The molecular formula is C14H27N3O3. The van der Waals surface area contributed by atoms with E-state index in [9.17, 15) is 4.79 Å². The molecule has 20 heavy (non-hydrogen) atoms. The van der Waals surface area contributed by atoms with Crippen LogP contribution in [0.3, 0.4) is 0 Å². The van der Waals surface area contributed by atoms with Crippen LogP contribution in [0.2, 0.25) is 0 Å². The molecule has 0 bridgehead atoms. The van der Waals surface area contributed by atoms with Gasteiger partial charge >= 0.3 is 6.03 Å². The lowest BCUT2D eigenvalue weighted by atomic mass is 9.96. The summed E-state index contributed by atoms with van der Waals surface area (Å²) in [6.07, 6.45) is 2.40. The fraction of sp³-hybridized carbons (Fsp3) is 0.929. The molecule has 0 aliphatic carbocycles. The van der Waals surface area contributed by atoms with Gasteiger partial charge in [0.1, 0.15) is 0 Å². The van der Waals surface area contributed by atoms with Crippen LogP contribution in [-0.2, 0) is 9.47 Å². The molecule has 0 spiro atoms. The van der Waals surface area contributed by atoms with E-state index in [1.54, 1.807) is 0 Å². The van der Waals surface area contributed by atoms with Crippen molar-refractivity contribution in [3.63, 3.8) is 0 Å². The van der Waals surface area contributed by atoms with Crippen molar-refractivity contribution in [2.75, 3.05) is 52.5 Å². The predicted molar refractivity (Wildman–Crippen MR) is 76.8 cm³/mol. The van der Waals surface area contributed by atoms with E-state index in [4.69, 9.17) is 9.47 Å². The van der Waals surface area contributed by atoms with Crippen molar-refractivity contribution >= 4 is 6.03 Å². The molecule has 2 atom stereocenters. The zero-order valence-electron chi connectivity index (χ0n) is 12.4. The molecule has 2 amide bonds. The smallest absolute Gasteiger partial charge is 0.314 e. The molecular weight excluding hydrogens is 258 g/mol.